The molecule has 0 heterocycles. The molecule has 98 valence electrons. The van der Waals surface area contributed by atoms with E-state index in [4.69, 9.17) is 23.2 Å². The van der Waals surface area contributed by atoms with Gasteiger partial charge in [0, 0.05) is 25.8 Å². The Bertz CT molecular complexity index is 608. The molecule has 0 fully saturated rings. The van der Waals surface area contributed by atoms with E-state index in [1.54, 1.807) is 12.1 Å². The van der Waals surface area contributed by atoms with E-state index in [2.05, 4.69) is 21.2 Å². The summed E-state index contributed by atoms with van der Waals surface area (Å²) in [6.45, 7) is 0. The Kier molecular flexibility index (Phi) is 4.45. The second-order valence-electron chi connectivity index (χ2n) is 3.77. The van der Waals surface area contributed by atoms with Gasteiger partial charge in [-0.3, -0.25) is 4.79 Å². The molecule has 0 bridgehead atoms. The zero-order chi connectivity index (χ0) is 14.0. The standard InChI is InChI=1S/C13H7BrCl2FNO/c14-8-1-7(2-9(15)3-8)13(19)18-12-5-10(16)4-11(17)6-12/h1-6H,(H,18,19). The Balaban J connectivity index is 2.25. The minimum absolute atomic E-state index is 0.211. The van der Waals surface area contributed by atoms with Crippen LogP contribution in [-0.2, 0) is 0 Å². The molecule has 6 heteroatoms. The summed E-state index contributed by atoms with van der Waals surface area (Å²) in [4.78, 5) is 12.0. The van der Waals surface area contributed by atoms with Crippen LogP contribution < -0.4 is 5.32 Å². The number of benzene rings is 2. The number of hydrogen-bond acceptors (Lipinski definition) is 1. The third-order valence-corrected chi connectivity index (χ3v) is 3.14. The Morgan fingerprint density at radius 3 is 2.37 bits per heavy atom. The first-order valence-corrected chi connectivity index (χ1v) is 6.72. The summed E-state index contributed by atoms with van der Waals surface area (Å²) >= 11 is 14.8. The number of anilines is 1. The lowest BCUT2D eigenvalue weighted by Gasteiger charge is -2.07. The number of halogens is 4. The van der Waals surface area contributed by atoms with E-state index in [0.29, 0.717) is 15.1 Å². The topological polar surface area (TPSA) is 29.1 Å². The summed E-state index contributed by atoms with van der Waals surface area (Å²) in [7, 11) is 0. The number of carbonyl (C=O) groups is 1. The van der Waals surface area contributed by atoms with Gasteiger partial charge in [0.05, 0.1) is 0 Å². The Morgan fingerprint density at radius 1 is 1.05 bits per heavy atom. The highest BCUT2D eigenvalue weighted by Crippen LogP contribution is 2.22. The Morgan fingerprint density at radius 2 is 1.74 bits per heavy atom. The predicted octanol–water partition coefficient (Wildman–Crippen LogP) is 5.15. The predicted molar refractivity (Wildman–Crippen MR) is 78.5 cm³/mol. The van der Waals surface area contributed by atoms with Gasteiger partial charge in [-0.25, -0.2) is 4.39 Å². The van der Waals surface area contributed by atoms with Crippen molar-refractivity contribution in [2.24, 2.45) is 0 Å². The molecular weight excluding hydrogens is 356 g/mol. The van der Waals surface area contributed by atoms with Gasteiger partial charge in [0.2, 0.25) is 0 Å². The normalized spacial score (nSPS) is 10.3. The zero-order valence-electron chi connectivity index (χ0n) is 9.38. The molecule has 0 spiro atoms. The fourth-order valence-electron chi connectivity index (χ4n) is 1.51. The smallest absolute Gasteiger partial charge is 0.255 e. The molecule has 1 amide bonds. The molecule has 2 rings (SSSR count). The summed E-state index contributed by atoms with van der Waals surface area (Å²) in [6, 6.07) is 8.60. The van der Waals surface area contributed by atoms with Crippen molar-refractivity contribution in [3.8, 4) is 0 Å². The fourth-order valence-corrected chi connectivity index (χ4v) is 2.60. The van der Waals surface area contributed by atoms with Gasteiger partial charge in [0.1, 0.15) is 5.82 Å². The van der Waals surface area contributed by atoms with Crippen LogP contribution in [0.4, 0.5) is 10.1 Å². The van der Waals surface area contributed by atoms with Crippen LogP contribution in [0, 0.1) is 5.82 Å². The van der Waals surface area contributed by atoms with Crippen molar-refractivity contribution in [2.45, 2.75) is 0 Å². The molecule has 0 aromatic heterocycles. The minimum atomic E-state index is -0.518. The largest absolute Gasteiger partial charge is 0.322 e. The maximum Gasteiger partial charge on any atom is 0.255 e. The van der Waals surface area contributed by atoms with Crippen LogP contribution >= 0.6 is 39.1 Å². The van der Waals surface area contributed by atoms with Gasteiger partial charge in [-0.1, -0.05) is 39.1 Å². The number of carbonyl (C=O) groups excluding carboxylic acids is 1. The molecule has 0 atom stereocenters. The van der Waals surface area contributed by atoms with Gasteiger partial charge in [0.15, 0.2) is 0 Å². The summed E-state index contributed by atoms with van der Waals surface area (Å²) in [5.41, 5.74) is 0.644. The quantitative estimate of drug-likeness (QED) is 0.786. The number of rotatable bonds is 2. The van der Waals surface area contributed by atoms with Crippen LogP contribution in [0.25, 0.3) is 0 Å². The second-order valence-corrected chi connectivity index (χ2v) is 5.56. The van der Waals surface area contributed by atoms with Gasteiger partial charge >= 0.3 is 0 Å². The highest BCUT2D eigenvalue weighted by molar-refractivity contribution is 9.10. The third-order valence-electron chi connectivity index (χ3n) is 2.25. The van der Waals surface area contributed by atoms with Crippen molar-refractivity contribution < 1.29 is 9.18 Å². The van der Waals surface area contributed by atoms with Crippen LogP contribution in [0.1, 0.15) is 10.4 Å². The summed E-state index contributed by atoms with van der Waals surface area (Å²) in [5.74, 6) is -0.917. The van der Waals surface area contributed by atoms with Crippen molar-refractivity contribution in [1.29, 1.82) is 0 Å². The highest BCUT2D eigenvalue weighted by atomic mass is 79.9. The molecule has 0 aliphatic heterocycles. The molecule has 1 N–H and O–H groups in total. The molecule has 0 radical (unpaired) electrons. The van der Waals surface area contributed by atoms with Crippen LogP contribution in [0.3, 0.4) is 0 Å². The van der Waals surface area contributed by atoms with Crippen molar-refractivity contribution in [3.63, 3.8) is 0 Å². The molecule has 0 aliphatic carbocycles. The van der Waals surface area contributed by atoms with E-state index < -0.39 is 11.7 Å². The first-order chi connectivity index (χ1) is 8.94. The monoisotopic (exact) mass is 361 g/mol. The zero-order valence-corrected chi connectivity index (χ0v) is 12.5. The second kappa shape index (κ2) is 5.90. The lowest BCUT2D eigenvalue weighted by atomic mass is 10.2. The average molecular weight is 363 g/mol. The number of hydrogen-bond donors (Lipinski definition) is 1. The minimum Gasteiger partial charge on any atom is -0.322 e. The van der Waals surface area contributed by atoms with Crippen LogP contribution in [0.2, 0.25) is 10.0 Å². The Labute approximate surface area is 127 Å². The maximum absolute atomic E-state index is 13.1. The lowest BCUT2D eigenvalue weighted by molar-refractivity contribution is 0.102. The van der Waals surface area contributed by atoms with Gasteiger partial charge in [-0.05, 0) is 36.4 Å². The summed E-state index contributed by atoms with van der Waals surface area (Å²) in [5, 5.41) is 3.19. The van der Waals surface area contributed by atoms with Crippen LogP contribution in [0.5, 0.6) is 0 Å². The van der Waals surface area contributed by atoms with E-state index in [1.165, 1.54) is 18.2 Å². The summed E-state index contributed by atoms with van der Waals surface area (Å²) < 4.78 is 13.8. The molecule has 0 unspecified atom stereocenters. The molecule has 2 nitrogen and oxygen atoms in total. The summed E-state index contributed by atoms with van der Waals surface area (Å²) in [6.07, 6.45) is 0. The van der Waals surface area contributed by atoms with Gasteiger partial charge in [-0.15, -0.1) is 0 Å². The SMILES string of the molecule is O=C(Nc1cc(F)cc(Cl)c1)c1cc(Cl)cc(Br)c1. The lowest BCUT2D eigenvalue weighted by Crippen LogP contribution is -2.12. The van der Waals surface area contributed by atoms with E-state index in [9.17, 15) is 9.18 Å². The fraction of sp³-hybridized carbons (Fsp3) is 0. The molecule has 0 aliphatic rings. The van der Waals surface area contributed by atoms with E-state index in [0.717, 1.165) is 6.07 Å². The highest BCUT2D eigenvalue weighted by Gasteiger charge is 2.09. The van der Waals surface area contributed by atoms with E-state index >= 15 is 0 Å². The number of amides is 1. The molecular formula is C13H7BrCl2FNO. The van der Waals surface area contributed by atoms with Gasteiger partial charge in [-0.2, -0.15) is 0 Å². The van der Waals surface area contributed by atoms with E-state index in [-0.39, 0.29) is 10.7 Å². The molecule has 0 saturated carbocycles. The van der Waals surface area contributed by atoms with Crippen molar-refractivity contribution in [2.75, 3.05) is 5.32 Å². The first kappa shape index (κ1) is 14.3. The molecule has 19 heavy (non-hydrogen) atoms. The van der Waals surface area contributed by atoms with Gasteiger partial charge < -0.3 is 5.32 Å². The number of nitrogens with one attached hydrogen (secondary N) is 1. The van der Waals surface area contributed by atoms with Crippen LogP contribution in [-0.4, -0.2) is 5.91 Å². The van der Waals surface area contributed by atoms with Crippen molar-refractivity contribution in [1.82, 2.24) is 0 Å². The Hall–Kier alpha value is -1.10. The molecule has 2 aromatic carbocycles. The average Bonchev–Trinajstić information content (AvgIpc) is 2.25. The molecule has 0 saturated heterocycles. The van der Waals surface area contributed by atoms with Crippen molar-refractivity contribution >= 4 is 50.7 Å². The van der Waals surface area contributed by atoms with Crippen LogP contribution in [0.15, 0.2) is 40.9 Å². The molecule has 2 aromatic rings. The maximum atomic E-state index is 13.1. The van der Waals surface area contributed by atoms with E-state index in [1.807, 2.05) is 0 Å². The van der Waals surface area contributed by atoms with Gasteiger partial charge in [0.25, 0.3) is 5.91 Å². The third kappa shape index (κ3) is 3.93. The first-order valence-electron chi connectivity index (χ1n) is 5.17. The van der Waals surface area contributed by atoms with Crippen molar-refractivity contribution in [3.05, 3.63) is 62.3 Å².